The van der Waals surface area contributed by atoms with Crippen molar-refractivity contribution in [1.29, 1.82) is 0 Å². The fourth-order valence-electron chi connectivity index (χ4n) is 3.30. The molecule has 2 aromatic heterocycles. The molecule has 0 N–H and O–H groups in total. The number of carbonyl (C=O) groups excluding carboxylic acids is 2. The Kier molecular flexibility index (Phi) is 6.62. The summed E-state index contributed by atoms with van der Waals surface area (Å²) < 4.78 is 5.16. The Hall–Kier alpha value is -2.90. The molecule has 0 bridgehead atoms. The average Bonchev–Trinajstić information content (AvgIpc) is 3.28. The van der Waals surface area contributed by atoms with E-state index in [9.17, 15) is 9.59 Å². The number of piperazine rings is 1. The van der Waals surface area contributed by atoms with Crippen molar-refractivity contribution in [3.8, 4) is 0 Å². The molecule has 0 unspecified atom stereocenters. The highest BCUT2D eigenvalue weighted by atomic mass is 16.3. The second-order valence-electron chi connectivity index (χ2n) is 6.82. The van der Waals surface area contributed by atoms with Gasteiger partial charge in [0.15, 0.2) is 5.76 Å². The first kappa shape index (κ1) is 19.9. The fraction of sp³-hybridized carbons (Fsp3) is 0.500. The number of hydrogen-bond donors (Lipinski definition) is 0. The molecule has 0 spiro atoms. The van der Waals surface area contributed by atoms with Crippen LogP contribution in [0.2, 0.25) is 0 Å². The summed E-state index contributed by atoms with van der Waals surface area (Å²) in [6, 6.07) is 3.35. The molecular weight excluding hydrogens is 358 g/mol. The van der Waals surface area contributed by atoms with Gasteiger partial charge in [0.2, 0.25) is 5.95 Å². The Morgan fingerprint density at radius 3 is 2.07 bits per heavy atom. The molecule has 150 valence electrons. The lowest BCUT2D eigenvalue weighted by Gasteiger charge is -2.34. The second kappa shape index (κ2) is 9.34. The van der Waals surface area contributed by atoms with Crippen LogP contribution in [0.1, 0.15) is 47.6 Å². The van der Waals surface area contributed by atoms with Crippen molar-refractivity contribution in [2.24, 2.45) is 0 Å². The van der Waals surface area contributed by atoms with Crippen molar-refractivity contribution >= 4 is 17.8 Å². The van der Waals surface area contributed by atoms with Gasteiger partial charge in [-0.2, -0.15) is 0 Å². The molecule has 0 aliphatic carbocycles. The highest BCUT2D eigenvalue weighted by Gasteiger charge is 2.27. The summed E-state index contributed by atoms with van der Waals surface area (Å²) in [4.78, 5) is 39.4. The van der Waals surface area contributed by atoms with Crippen LogP contribution in [-0.2, 0) is 0 Å². The minimum absolute atomic E-state index is 0.103. The lowest BCUT2D eigenvalue weighted by atomic mass is 10.2. The van der Waals surface area contributed by atoms with E-state index in [-0.39, 0.29) is 11.8 Å². The third-order valence-corrected chi connectivity index (χ3v) is 4.74. The summed E-state index contributed by atoms with van der Waals surface area (Å²) in [5.41, 5.74) is 0.475. The molecule has 1 aliphatic heterocycles. The van der Waals surface area contributed by atoms with Gasteiger partial charge in [-0.1, -0.05) is 13.8 Å². The number of hydrogen-bond acceptors (Lipinski definition) is 6. The first-order chi connectivity index (χ1) is 13.6. The minimum Gasteiger partial charge on any atom is -0.459 e. The average molecular weight is 385 g/mol. The van der Waals surface area contributed by atoms with Gasteiger partial charge >= 0.3 is 0 Å². The van der Waals surface area contributed by atoms with Crippen LogP contribution >= 0.6 is 0 Å². The summed E-state index contributed by atoms with van der Waals surface area (Å²) in [5, 5.41) is 0. The van der Waals surface area contributed by atoms with E-state index >= 15 is 0 Å². The van der Waals surface area contributed by atoms with Crippen LogP contribution < -0.4 is 4.90 Å². The van der Waals surface area contributed by atoms with Gasteiger partial charge in [0.1, 0.15) is 0 Å². The Balaban J connectivity index is 1.58. The van der Waals surface area contributed by atoms with Gasteiger partial charge in [0.05, 0.1) is 11.8 Å². The molecule has 0 saturated carbocycles. The Morgan fingerprint density at radius 2 is 1.57 bits per heavy atom. The number of anilines is 1. The zero-order valence-electron chi connectivity index (χ0n) is 16.5. The van der Waals surface area contributed by atoms with Crippen LogP contribution in [0.5, 0.6) is 0 Å². The maximum atomic E-state index is 12.7. The summed E-state index contributed by atoms with van der Waals surface area (Å²) in [6.07, 6.45) is 6.72. The molecule has 0 radical (unpaired) electrons. The number of carbonyl (C=O) groups is 2. The van der Waals surface area contributed by atoms with Gasteiger partial charge in [0.25, 0.3) is 11.8 Å². The highest BCUT2D eigenvalue weighted by molar-refractivity contribution is 5.94. The molecule has 1 saturated heterocycles. The molecule has 0 atom stereocenters. The monoisotopic (exact) mass is 385 g/mol. The van der Waals surface area contributed by atoms with E-state index in [0.29, 0.717) is 43.5 Å². The van der Waals surface area contributed by atoms with Crippen molar-refractivity contribution in [2.75, 3.05) is 44.2 Å². The fourth-order valence-corrected chi connectivity index (χ4v) is 3.30. The summed E-state index contributed by atoms with van der Waals surface area (Å²) in [5.74, 6) is 0.743. The van der Waals surface area contributed by atoms with Crippen LogP contribution in [0.3, 0.4) is 0 Å². The molecule has 8 heteroatoms. The summed E-state index contributed by atoms with van der Waals surface area (Å²) in [6.45, 7) is 7.94. The van der Waals surface area contributed by atoms with E-state index in [4.69, 9.17) is 4.42 Å². The van der Waals surface area contributed by atoms with E-state index in [0.717, 1.165) is 25.9 Å². The van der Waals surface area contributed by atoms with Crippen molar-refractivity contribution < 1.29 is 14.0 Å². The zero-order chi connectivity index (χ0) is 19.9. The quantitative estimate of drug-likeness (QED) is 0.727. The highest BCUT2D eigenvalue weighted by Crippen LogP contribution is 2.13. The van der Waals surface area contributed by atoms with Crippen molar-refractivity contribution in [3.05, 3.63) is 42.1 Å². The number of nitrogens with zero attached hydrogens (tertiary/aromatic N) is 5. The van der Waals surface area contributed by atoms with E-state index in [2.05, 4.69) is 28.7 Å². The molecule has 3 heterocycles. The van der Waals surface area contributed by atoms with Crippen LogP contribution in [0.25, 0.3) is 0 Å². The van der Waals surface area contributed by atoms with Crippen molar-refractivity contribution in [1.82, 2.24) is 19.8 Å². The summed E-state index contributed by atoms with van der Waals surface area (Å²) >= 11 is 0. The van der Waals surface area contributed by atoms with Crippen molar-refractivity contribution in [3.63, 3.8) is 0 Å². The van der Waals surface area contributed by atoms with Gasteiger partial charge in [-0.05, 0) is 25.0 Å². The molecule has 1 fully saturated rings. The van der Waals surface area contributed by atoms with E-state index in [1.165, 1.54) is 6.26 Å². The van der Waals surface area contributed by atoms with E-state index in [1.54, 1.807) is 34.3 Å². The van der Waals surface area contributed by atoms with Gasteiger partial charge in [-0.25, -0.2) is 9.97 Å². The number of furan rings is 1. The first-order valence-electron chi connectivity index (χ1n) is 9.83. The lowest BCUT2D eigenvalue weighted by Crippen LogP contribution is -2.50. The predicted octanol–water partition coefficient (Wildman–Crippen LogP) is 2.29. The van der Waals surface area contributed by atoms with E-state index in [1.807, 2.05) is 0 Å². The van der Waals surface area contributed by atoms with Gasteiger partial charge in [-0.3, -0.25) is 9.59 Å². The second-order valence-corrected chi connectivity index (χ2v) is 6.82. The SMILES string of the molecule is CCCN(CCC)c1ncc(C(=O)N2CCN(C(=O)c3ccco3)CC2)cn1. The van der Waals surface area contributed by atoms with Crippen LogP contribution in [0.15, 0.2) is 35.2 Å². The molecule has 2 amide bonds. The predicted molar refractivity (Wildman–Crippen MR) is 105 cm³/mol. The van der Waals surface area contributed by atoms with E-state index < -0.39 is 0 Å². The summed E-state index contributed by atoms with van der Waals surface area (Å²) in [7, 11) is 0. The maximum Gasteiger partial charge on any atom is 0.289 e. The van der Waals surface area contributed by atoms with Gasteiger partial charge in [0, 0.05) is 51.7 Å². The third-order valence-electron chi connectivity index (χ3n) is 4.74. The van der Waals surface area contributed by atoms with Crippen LogP contribution in [0, 0.1) is 0 Å². The molecular formula is C20H27N5O3. The molecule has 3 rings (SSSR count). The largest absolute Gasteiger partial charge is 0.459 e. The molecule has 0 aromatic carbocycles. The topological polar surface area (TPSA) is 82.8 Å². The molecule has 2 aromatic rings. The Morgan fingerprint density at radius 1 is 1.00 bits per heavy atom. The number of amides is 2. The third kappa shape index (κ3) is 4.49. The zero-order valence-corrected chi connectivity index (χ0v) is 16.5. The van der Waals surface area contributed by atoms with Gasteiger partial charge < -0.3 is 19.1 Å². The smallest absolute Gasteiger partial charge is 0.289 e. The van der Waals surface area contributed by atoms with Crippen molar-refractivity contribution in [2.45, 2.75) is 26.7 Å². The Bertz CT molecular complexity index is 762. The lowest BCUT2D eigenvalue weighted by molar-refractivity contribution is 0.0517. The standard InChI is InChI=1S/C20H27N5O3/c1-3-7-25(8-4-2)20-21-14-16(15-22-20)18(26)23-9-11-24(12-10-23)19(27)17-6-5-13-28-17/h5-6,13-15H,3-4,7-12H2,1-2H3. The first-order valence-corrected chi connectivity index (χ1v) is 9.83. The minimum atomic E-state index is -0.142. The maximum absolute atomic E-state index is 12.7. The normalized spacial score (nSPS) is 14.2. The molecule has 1 aliphatic rings. The number of aromatic nitrogens is 2. The van der Waals surface area contributed by atoms with Gasteiger partial charge in [-0.15, -0.1) is 0 Å². The van der Waals surface area contributed by atoms with Crippen LogP contribution in [0.4, 0.5) is 5.95 Å². The van der Waals surface area contributed by atoms with Crippen LogP contribution in [-0.4, -0.2) is 70.9 Å². The molecule has 28 heavy (non-hydrogen) atoms. The Labute approximate surface area is 165 Å². The number of rotatable bonds is 7. The molecule has 8 nitrogen and oxygen atoms in total.